The lowest BCUT2D eigenvalue weighted by Gasteiger charge is -2.10. The van der Waals surface area contributed by atoms with Gasteiger partial charge in [-0.3, -0.25) is 9.59 Å². The standard InChI is InChI=1S/C21H19N3O2S/c25-19(12-16-13-27-21(23-16)14-6-2-1-3-7-14)24-18-9-5-4-8-17(18)20(26)22-15-10-11-15/h1-9,13,15H,10-12H2,(H,22,26)(H,24,25). The summed E-state index contributed by atoms with van der Waals surface area (Å²) in [5.74, 6) is -0.333. The van der Waals surface area contributed by atoms with Crippen molar-refractivity contribution in [2.45, 2.75) is 25.3 Å². The quantitative estimate of drug-likeness (QED) is 0.685. The highest BCUT2D eigenvalue weighted by Crippen LogP contribution is 2.24. The van der Waals surface area contributed by atoms with E-state index in [9.17, 15) is 9.59 Å². The fourth-order valence-electron chi connectivity index (χ4n) is 2.74. The monoisotopic (exact) mass is 377 g/mol. The van der Waals surface area contributed by atoms with Gasteiger partial charge in [0.1, 0.15) is 5.01 Å². The predicted octanol–water partition coefficient (Wildman–Crippen LogP) is 3.88. The van der Waals surface area contributed by atoms with E-state index in [2.05, 4.69) is 15.6 Å². The molecule has 1 fully saturated rings. The number of carbonyl (C=O) groups is 2. The molecule has 0 bridgehead atoms. The molecular weight excluding hydrogens is 358 g/mol. The summed E-state index contributed by atoms with van der Waals surface area (Å²) in [4.78, 5) is 29.3. The van der Waals surface area contributed by atoms with Crippen molar-refractivity contribution < 1.29 is 9.59 Å². The minimum Gasteiger partial charge on any atom is -0.349 e. The number of carbonyl (C=O) groups excluding carboxylic acids is 2. The van der Waals surface area contributed by atoms with Gasteiger partial charge in [0, 0.05) is 17.0 Å². The maximum atomic E-state index is 12.5. The fraction of sp³-hybridized carbons (Fsp3) is 0.190. The van der Waals surface area contributed by atoms with E-state index in [1.165, 1.54) is 11.3 Å². The second kappa shape index (κ2) is 7.72. The van der Waals surface area contributed by atoms with Crippen molar-refractivity contribution >= 4 is 28.8 Å². The Bertz CT molecular complexity index is 964. The van der Waals surface area contributed by atoms with Crippen LogP contribution < -0.4 is 10.6 Å². The number of benzene rings is 2. The van der Waals surface area contributed by atoms with Crippen molar-refractivity contribution in [2.75, 3.05) is 5.32 Å². The van der Waals surface area contributed by atoms with Gasteiger partial charge in [-0.15, -0.1) is 11.3 Å². The Kier molecular flexibility index (Phi) is 4.98. The zero-order chi connectivity index (χ0) is 18.6. The van der Waals surface area contributed by atoms with Crippen LogP contribution in [0.25, 0.3) is 10.6 Å². The van der Waals surface area contributed by atoms with E-state index >= 15 is 0 Å². The van der Waals surface area contributed by atoms with Gasteiger partial charge in [-0.2, -0.15) is 0 Å². The SMILES string of the molecule is O=C(Cc1csc(-c2ccccc2)n1)Nc1ccccc1C(=O)NC1CC1. The normalized spacial score (nSPS) is 13.2. The first-order chi connectivity index (χ1) is 13.2. The predicted molar refractivity (Wildman–Crippen MR) is 107 cm³/mol. The maximum absolute atomic E-state index is 12.5. The molecule has 2 N–H and O–H groups in total. The lowest BCUT2D eigenvalue weighted by Crippen LogP contribution is -2.27. The molecule has 0 spiro atoms. The Morgan fingerprint density at radius 1 is 1.04 bits per heavy atom. The largest absolute Gasteiger partial charge is 0.349 e. The van der Waals surface area contributed by atoms with Gasteiger partial charge in [-0.25, -0.2) is 4.98 Å². The Balaban J connectivity index is 1.43. The van der Waals surface area contributed by atoms with Crippen molar-refractivity contribution in [2.24, 2.45) is 0 Å². The van der Waals surface area contributed by atoms with Crippen LogP contribution in [0.5, 0.6) is 0 Å². The van der Waals surface area contributed by atoms with Crippen LogP contribution in [0.1, 0.15) is 28.9 Å². The molecule has 27 heavy (non-hydrogen) atoms. The van der Waals surface area contributed by atoms with E-state index in [1.807, 2.05) is 35.7 Å². The first-order valence-electron chi connectivity index (χ1n) is 8.88. The Morgan fingerprint density at radius 3 is 2.56 bits per heavy atom. The van der Waals surface area contributed by atoms with Gasteiger partial charge in [0.05, 0.1) is 23.4 Å². The Hall–Kier alpha value is -2.99. The number of rotatable bonds is 6. The summed E-state index contributed by atoms with van der Waals surface area (Å²) in [6.45, 7) is 0. The highest BCUT2D eigenvalue weighted by molar-refractivity contribution is 7.13. The number of nitrogens with zero attached hydrogens (tertiary/aromatic N) is 1. The molecule has 0 aliphatic heterocycles. The van der Waals surface area contributed by atoms with Gasteiger partial charge in [-0.05, 0) is 25.0 Å². The highest BCUT2D eigenvalue weighted by Gasteiger charge is 2.25. The van der Waals surface area contributed by atoms with Gasteiger partial charge >= 0.3 is 0 Å². The van der Waals surface area contributed by atoms with Gasteiger partial charge in [0.25, 0.3) is 5.91 Å². The highest BCUT2D eigenvalue weighted by atomic mass is 32.1. The van der Waals surface area contributed by atoms with Crippen LogP contribution in [0.4, 0.5) is 5.69 Å². The summed E-state index contributed by atoms with van der Waals surface area (Å²) >= 11 is 1.52. The third-order valence-electron chi connectivity index (χ3n) is 4.27. The summed E-state index contributed by atoms with van der Waals surface area (Å²) in [5.41, 5.74) is 2.77. The maximum Gasteiger partial charge on any atom is 0.253 e. The van der Waals surface area contributed by atoms with Crippen molar-refractivity contribution in [3.05, 3.63) is 71.2 Å². The molecule has 1 aliphatic carbocycles. The van der Waals surface area contributed by atoms with E-state index in [4.69, 9.17) is 0 Å². The molecule has 1 aliphatic rings. The van der Waals surface area contributed by atoms with Gasteiger partial charge in [-0.1, -0.05) is 42.5 Å². The van der Waals surface area contributed by atoms with Gasteiger partial charge in [0.2, 0.25) is 5.91 Å². The molecule has 1 saturated carbocycles. The third-order valence-corrected chi connectivity index (χ3v) is 5.21. The van der Waals surface area contributed by atoms with E-state index in [0.717, 1.165) is 29.1 Å². The van der Waals surface area contributed by atoms with Crippen molar-refractivity contribution in [1.82, 2.24) is 10.3 Å². The smallest absolute Gasteiger partial charge is 0.253 e. The van der Waals surface area contributed by atoms with Gasteiger partial charge in [0.15, 0.2) is 0 Å². The molecule has 0 atom stereocenters. The van der Waals surface area contributed by atoms with Crippen LogP contribution >= 0.6 is 11.3 Å². The summed E-state index contributed by atoms with van der Waals surface area (Å²) in [6.07, 6.45) is 2.21. The lowest BCUT2D eigenvalue weighted by atomic mass is 10.1. The average Bonchev–Trinajstić information content (AvgIpc) is 3.38. The molecule has 1 aromatic heterocycles. The minimum atomic E-state index is -0.188. The second-order valence-electron chi connectivity index (χ2n) is 6.53. The van der Waals surface area contributed by atoms with Crippen LogP contribution in [0.3, 0.4) is 0 Å². The van der Waals surface area contributed by atoms with Crippen LogP contribution in [0, 0.1) is 0 Å². The number of para-hydroxylation sites is 1. The third kappa shape index (κ3) is 4.41. The first-order valence-corrected chi connectivity index (χ1v) is 9.76. The number of thiazole rings is 1. The molecule has 136 valence electrons. The Labute approximate surface area is 161 Å². The molecule has 5 nitrogen and oxygen atoms in total. The molecule has 2 amide bonds. The van der Waals surface area contributed by atoms with Crippen LogP contribution in [-0.2, 0) is 11.2 Å². The van der Waals surface area contributed by atoms with E-state index in [-0.39, 0.29) is 24.3 Å². The van der Waals surface area contributed by atoms with Crippen molar-refractivity contribution in [3.63, 3.8) is 0 Å². The fourth-order valence-corrected chi connectivity index (χ4v) is 3.57. The summed E-state index contributed by atoms with van der Waals surface area (Å²) in [6, 6.07) is 17.2. The topological polar surface area (TPSA) is 71.1 Å². The summed E-state index contributed by atoms with van der Waals surface area (Å²) in [7, 11) is 0. The second-order valence-corrected chi connectivity index (χ2v) is 7.39. The summed E-state index contributed by atoms with van der Waals surface area (Å²) in [5, 5.41) is 8.59. The molecule has 6 heteroatoms. The molecule has 0 unspecified atom stereocenters. The zero-order valence-electron chi connectivity index (χ0n) is 14.6. The van der Waals surface area contributed by atoms with Crippen molar-refractivity contribution in [3.8, 4) is 10.6 Å². The molecule has 3 aromatic rings. The van der Waals surface area contributed by atoms with E-state index < -0.39 is 0 Å². The number of hydrogen-bond acceptors (Lipinski definition) is 4. The molecule has 2 aromatic carbocycles. The first kappa shape index (κ1) is 17.4. The molecule has 1 heterocycles. The van der Waals surface area contributed by atoms with Crippen LogP contribution in [-0.4, -0.2) is 22.8 Å². The lowest BCUT2D eigenvalue weighted by molar-refractivity contribution is -0.115. The van der Waals surface area contributed by atoms with Crippen LogP contribution in [0.15, 0.2) is 60.0 Å². The molecule has 0 radical (unpaired) electrons. The van der Waals surface area contributed by atoms with E-state index in [1.54, 1.807) is 24.3 Å². The molecule has 0 saturated heterocycles. The zero-order valence-corrected chi connectivity index (χ0v) is 15.5. The average molecular weight is 377 g/mol. The minimum absolute atomic E-state index is 0.145. The number of amides is 2. The van der Waals surface area contributed by atoms with E-state index in [0.29, 0.717) is 11.3 Å². The Morgan fingerprint density at radius 2 is 1.78 bits per heavy atom. The molecule has 4 rings (SSSR count). The molecular formula is C21H19N3O2S. The van der Waals surface area contributed by atoms with Crippen LogP contribution in [0.2, 0.25) is 0 Å². The summed E-state index contributed by atoms with van der Waals surface area (Å²) < 4.78 is 0. The van der Waals surface area contributed by atoms with Gasteiger partial charge < -0.3 is 10.6 Å². The number of aromatic nitrogens is 1. The number of anilines is 1. The van der Waals surface area contributed by atoms with Crippen molar-refractivity contribution in [1.29, 1.82) is 0 Å². The number of hydrogen-bond donors (Lipinski definition) is 2. The number of nitrogens with one attached hydrogen (secondary N) is 2.